The van der Waals surface area contributed by atoms with E-state index in [0.717, 1.165) is 0 Å². The van der Waals surface area contributed by atoms with E-state index in [4.69, 9.17) is 15.3 Å². The molecule has 0 rings (SSSR count). The van der Waals surface area contributed by atoms with E-state index in [0.29, 0.717) is 0 Å². The van der Waals surface area contributed by atoms with Gasteiger partial charge < -0.3 is 20.1 Å². The molecule has 0 atom stereocenters. The van der Waals surface area contributed by atoms with Crippen LogP contribution in [0.15, 0.2) is 0 Å². The lowest BCUT2D eigenvalue weighted by molar-refractivity contribution is -0.232. The highest BCUT2D eigenvalue weighted by Gasteiger charge is 2.07. The summed E-state index contributed by atoms with van der Waals surface area (Å²) in [5.41, 5.74) is 0. The van der Waals surface area contributed by atoms with Crippen LogP contribution < -0.4 is 0 Å². The van der Waals surface area contributed by atoms with Gasteiger partial charge in [0.15, 0.2) is 5.78 Å². The third-order valence-corrected chi connectivity index (χ3v) is 1.01. The van der Waals surface area contributed by atoms with Gasteiger partial charge in [-0.3, -0.25) is 9.59 Å². The average Bonchev–Trinajstić information content (AvgIpc) is 1.96. The molecule has 0 bridgehead atoms. The first-order chi connectivity index (χ1) is 5.52. The Hall–Kier alpha value is -0.980. The predicted octanol–water partition coefficient (Wildman–Crippen LogP) is -1.29. The molecule has 0 aliphatic carbocycles. The summed E-state index contributed by atoms with van der Waals surface area (Å²) < 4.78 is 4.10. The van der Waals surface area contributed by atoms with Gasteiger partial charge in [-0.2, -0.15) is 0 Å². The van der Waals surface area contributed by atoms with Crippen LogP contribution in [0.25, 0.3) is 0 Å². The predicted molar refractivity (Wildman–Crippen MR) is 36.1 cm³/mol. The smallest absolute Gasteiger partial charge is 0.303 e. The first-order valence-corrected chi connectivity index (χ1v) is 3.23. The molecule has 0 saturated carbocycles. The highest BCUT2D eigenvalue weighted by Crippen LogP contribution is 1.92. The van der Waals surface area contributed by atoms with Gasteiger partial charge in [-0.15, -0.1) is 0 Å². The van der Waals surface area contributed by atoms with E-state index in [1.807, 2.05) is 0 Å². The van der Waals surface area contributed by atoms with Gasteiger partial charge in [-0.25, -0.2) is 0 Å². The molecular formula is C6H10O6. The maximum absolute atomic E-state index is 10.6. The van der Waals surface area contributed by atoms with Crippen LogP contribution in [-0.4, -0.2) is 40.2 Å². The number of hydrogen-bond donors (Lipinski definition) is 3. The second-order valence-corrected chi connectivity index (χ2v) is 2.07. The summed E-state index contributed by atoms with van der Waals surface area (Å²) in [5, 5.41) is 24.4. The van der Waals surface area contributed by atoms with Gasteiger partial charge in [0.1, 0.15) is 6.61 Å². The number of carboxylic acids is 1. The highest BCUT2D eigenvalue weighted by atomic mass is 16.7. The Bertz CT molecular complexity index is 163. The van der Waals surface area contributed by atoms with E-state index in [1.165, 1.54) is 0 Å². The van der Waals surface area contributed by atoms with Gasteiger partial charge >= 0.3 is 5.97 Å². The van der Waals surface area contributed by atoms with E-state index >= 15 is 0 Å². The maximum atomic E-state index is 10.6. The van der Waals surface area contributed by atoms with Crippen LogP contribution in [0.1, 0.15) is 12.8 Å². The molecule has 0 amide bonds. The van der Waals surface area contributed by atoms with Crippen molar-refractivity contribution in [3.8, 4) is 0 Å². The van der Waals surface area contributed by atoms with Crippen molar-refractivity contribution < 1.29 is 29.6 Å². The number of Topliss-reactive ketones (excluding diaryl/α,β-unsaturated/α-hetero) is 1. The fourth-order valence-corrected chi connectivity index (χ4v) is 0.486. The van der Waals surface area contributed by atoms with E-state index in [2.05, 4.69) is 4.74 Å². The van der Waals surface area contributed by atoms with Crippen LogP contribution >= 0.6 is 0 Å². The highest BCUT2D eigenvalue weighted by molar-refractivity contribution is 5.83. The van der Waals surface area contributed by atoms with Crippen LogP contribution in [0.4, 0.5) is 0 Å². The fraction of sp³-hybridized carbons (Fsp3) is 0.667. The molecule has 0 aromatic carbocycles. The maximum Gasteiger partial charge on any atom is 0.303 e. The minimum atomic E-state index is -1.99. The van der Waals surface area contributed by atoms with Crippen molar-refractivity contribution in [1.29, 1.82) is 0 Å². The number of aliphatic hydroxyl groups is 2. The first-order valence-electron chi connectivity index (χ1n) is 3.23. The summed E-state index contributed by atoms with van der Waals surface area (Å²) in [6.07, 6.45) is -0.439. The summed E-state index contributed by atoms with van der Waals surface area (Å²) in [4.78, 5) is 20.6. The SMILES string of the molecule is O=C(O)CCC(=O)COC(O)O. The van der Waals surface area contributed by atoms with Crippen molar-refractivity contribution in [2.75, 3.05) is 6.61 Å². The van der Waals surface area contributed by atoms with Crippen molar-refractivity contribution in [2.45, 2.75) is 19.3 Å². The van der Waals surface area contributed by atoms with Crippen molar-refractivity contribution in [1.82, 2.24) is 0 Å². The van der Waals surface area contributed by atoms with Crippen LogP contribution in [0, 0.1) is 0 Å². The van der Waals surface area contributed by atoms with Crippen LogP contribution in [0.2, 0.25) is 0 Å². The number of ketones is 1. The molecule has 70 valence electrons. The topological polar surface area (TPSA) is 104 Å². The molecule has 0 unspecified atom stereocenters. The lowest BCUT2D eigenvalue weighted by atomic mass is 10.2. The summed E-state index contributed by atoms with van der Waals surface area (Å²) in [6.45, 7) is -2.47. The lowest BCUT2D eigenvalue weighted by Gasteiger charge is -2.03. The molecule has 0 saturated heterocycles. The number of rotatable bonds is 6. The van der Waals surface area contributed by atoms with Gasteiger partial charge in [0.05, 0.1) is 6.42 Å². The van der Waals surface area contributed by atoms with Gasteiger partial charge in [-0.1, -0.05) is 0 Å². The number of carboxylic acid groups (broad SMARTS) is 1. The molecule has 0 fully saturated rings. The molecule has 0 radical (unpaired) electrons. The average molecular weight is 178 g/mol. The number of aliphatic carboxylic acids is 1. The summed E-state index contributed by atoms with van der Waals surface area (Å²) >= 11 is 0. The Morgan fingerprint density at radius 2 is 1.83 bits per heavy atom. The monoisotopic (exact) mass is 178 g/mol. The molecule has 0 aromatic rings. The Labute approximate surface area is 68.4 Å². The standard InChI is InChI=1S/C6H10O6/c7-4(1-2-5(8)9)3-12-6(10)11/h6,10-11H,1-3H2,(H,8,9). The zero-order valence-electron chi connectivity index (χ0n) is 6.27. The molecular weight excluding hydrogens is 168 g/mol. The van der Waals surface area contributed by atoms with Crippen molar-refractivity contribution in [2.24, 2.45) is 0 Å². The van der Waals surface area contributed by atoms with Crippen molar-refractivity contribution >= 4 is 11.8 Å². The molecule has 0 aliphatic heterocycles. The van der Waals surface area contributed by atoms with Crippen LogP contribution in [0.5, 0.6) is 0 Å². The number of carbonyl (C=O) groups is 2. The molecule has 0 aliphatic rings. The summed E-state index contributed by atoms with van der Waals surface area (Å²) in [5.74, 6) is -1.56. The van der Waals surface area contributed by atoms with E-state index in [1.54, 1.807) is 0 Å². The molecule has 0 aromatic heterocycles. The second kappa shape index (κ2) is 5.64. The minimum Gasteiger partial charge on any atom is -0.481 e. The van der Waals surface area contributed by atoms with E-state index < -0.39 is 24.8 Å². The first kappa shape index (κ1) is 11.0. The third-order valence-electron chi connectivity index (χ3n) is 1.01. The third kappa shape index (κ3) is 7.13. The number of ether oxygens (including phenoxy) is 1. The van der Waals surface area contributed by atoms with Crippen molar-refractivity contribution in [3.63, 3.8) is 0 Å². The Kier molecular flexibility index (Phi) is 5.18. The van der Waals surface area contributed by atoms with Crippen molar-refractivity contribution in [3.05, 3.63) is 0 Å². The molecule has 0 heterocycles. The summed E-state index contributed by atoms with van der Waals surface area (Å²) in [6, 6.07) is 0. The molecule has 0 spiro atoms. The minimum absolute atomic E-state index is 0.165. The molecule has 3 N–H and O–H groups in total. The quantitative estimate of drug-likeness (QED) is 0.437. The Balaban J connectivity index is 3.40. The van der Waals surface area contributed by atoms with Gasteiger partial charge in [0, 0.05) is 6.42 Å². The normalized spacial score (nSPS) is 10.2. The second-order valence-electron chi connectivity index (χ2n) is 2.07. The zero-order chi connectivity index (χ0) is 9.56. The molecule has 12 heavy (non-hydrogen) atoms. The fourth-order valence-electron chi connectivity index (χ4n) is 0.486. The number of carbonyl (C=O) groups excluding carboxylic acids is 1. The van der Waals surface area contributed by atoms with E-state index in [9.17, 15) is 9.59 Å². The van der Waals surface area contributed by atoms with Crippen LogP contribution in [-0.2, 0) is 14.3 Å². The van der Waals surface area contributed by atoms with Gasteiger partial charge in [-0.05, 0) is 0 Å². The molecule has 6 nitrogen and oxygen atoms in total. The molecule has 6 heteroatoms. The Morgan fingerprint density at radius 3 is 2.25 bits per heavy atom. The summed E-state index contributed by atoms with van der Waals surface area (Å²) in [7, 11) is 0. The van der Waals surface area contributed by atoms with E-state index in [-0.39, 0.29) is 12.8 Å². The Morgan fingerprint density at radius 1 is 1.25 bits per heavy atom. The van der Waals surface area contributed by atoms with Crippen LogP contribution in [0.3, 0.4) is 0 Å². The van der Waals surface area contributed by atoms with Gasteiger partial charge in [0.2, 0.25) is 0 Å². The lowest BCUT2D eigenvalue weighted by Crippen LogP contribution is -2.17. The number of aliphatic hydroxyl groups excluding tert-OH is 1. The zero-order valence-corrected chi connectivity index (χ0v) is 6.27. The number of hydrogen-bond acceptors (Lipinski definition) is 5. The van der Waals surface area contributed by atoms with Gasteiger partial charge in [0.25, 0.3) is 6.48 Å². The largest absolute Gasteiger partial charge is 0.481 e.